The molecule has 9 heteroatoms. The number of rotatable bonds is 6. The maximum Gasteiger partial charge on any atom is 0.275 e. The van der Waals surface area contributed by atoms with Crippen LogP contribution in [0.4, 0.5) is 0 Å². The van der Waals surface area contributed by atoms with Crippen LogP contribution in [-0.2, 0) is 6.61 Å². The van der Waals surface area contributed by atoms with Crippen LogP contribution in [0.2, 0.25) is 10.0 Å². The molecule has 0 bridgehead atoms. The van der Waals surface area contributed by atoms with Crippen molar-refractivity contribution in [3.63, 3.8) is 0 Å². The monoisotopic (exact) mass is 666 g/mol. The smallest absolute Gasteiger partial charge is 0.275 e. The summed E-state index contributed by atoms with van der Waals surface area (Å²) in [5.74, 6) is 0.141. The Bertz CT molecular complexity index is 1100. The van der Waals surface area contributed by atoms with E-state index >= 15 is 0 Å². The van der Waals surface area contributed by atoms with Crippen molar-refractivity contribution in [2.75, 3.05) is 0 Å². The maximum absolute atomic E-state index is 12.1. The lowest BCUT2D eigenvalue weighted by atomic mass is 10.2. The first-order valence-corrected chi connectivity index (χ1v) is 11.4. The van der Waals surface area contributed by atoms with Gasteiger partial charge in [0.15, 0.2) is 0 Å². The highest BCUT2D eigenvalue weighted by atomic mass is 127. The number of phenols is 1. The van der Waals surface area contributed by atoms with E-state index in [1.807, 2.05) is 18.2 Å². The van der Waals surface area contributed by atoms with Crippen molar-refractivity contribution in [1.82, 2.24) is 5.43 Å². The number of amides is 1. The Labute approximate surface area is 210 Å². The molecule has 0 atom stereocenters. The van der Waals surface area contributed by atoms with Crippen molar-refractivity contribution in [3.8, 4) is 11.5 Å². The second-order valence-electron chi connectivity index (χ2n) is 6.05. The maximum atomic E-state index is 12.1. The van der Waals surface area contributed by atoms with E-state index < -0.39 is 5.91 Å². The molecule has 0 aromatic heterocycles. The molecule has 0 radical (unpaired) electrons. The Hall–Kier alpha value is -1.56. The Kier molecular flexibility index (Phi) is 8.20. The third kappa shape index (κ3) is 5.99. The summed E-state index contributed by atoms with van der Waals surface area (Å²) < 4.78 is 7.73. The van der Waals surface area contributed by atoms with Crippen molar-refractivity contribution >= 4 is 80.5 Å². The molecule has 0 aliphatic rings. The number of para-hydroxylation sites is 1. The minimum Gasteiger partial charge on any atom is -0.507 e. The van der Waals surface area contributed by atoms with Crippen molar-refractivity contribution in [1.29, 1.82) is 0 Å². The van der Waals surface area contributed by atoms with Crippen molar-refractivity contribution in [2.24, 2.45) is 5.10 Å². The van der Waals surface area contributed by atoms with Crippen molar-refractivity contribution in [2.45, 2.75) is 6.61 Å². The highest BCUT2D eigenvalue weighted by Gasteiger charge is 2.11. The number of hydrogen-bond donors (Lipinski definition) is 2. The number of carbonyl (C=O) groups is 1. The van der Waals surface area contributed by atoms with Gasteiger partial charge in [0, 0.05) is 15.6 Å². The molecule has 30 heavy (non-hydrogen) atoms. The summed E-state index contributed by atoms with van der Waals surface area (Å²) in [6.45, 7) is 0.312. The number of aromatic hydroxyl groups is 1. The van der Waals surface area contributed by atoms with Gasteiger partial charge in [-0.2, -0.15) is 5.10 Å². The third-order valence-corrected chi connectivity index (χ3v) is 6.13. The summed E-state index contributed by atoms with van der Waals surface area (Å²) in [6.07, 6.45) is 1.53. The number of halogens is 4. The van der Waals surface area contributed by atoms with Gasteiger partial charge in [-0.15, -0.1) is 0 Å². The molecule has 0 fully saturated rings. The number of hydrogen-bond acceptors (Lipinski definition) is 4. The Morgan fingerprint density at radius 1 is 1.10 bits per heavy atom. The molecular weight excluding hydrogens is 653 g/mol. The van der Waals surface area contributed by atoms with Crippen LogP contribution in [-0.4, -0.2) is 17.2 Å². The third-order valence-electron chi connectivity index (χ3n) is 3.94. The first-order chi connectivity index (χ1) is 14.3. The van der Waals surface area contributed by atoms with E-state index in [0.717, 1.165) is 24.0 Å². The first kappa shape index (κ1) is 23.1. The molecule has 0 heterocycles. The number of benzene rings is 3. The zero-order valence-corrected chi connectivity index (χ0v) is 21.0. The molecule has 5 nitrogen and oxygen atoms in total. The molecule has 0 saturated carbocycles. The largest absolute Gasteiger partial charge is 0.507 e. The zero-order chi connectivity index (χ0) is 21.7. The van der Waals surface area contributed by atoms with Crippen LogP contribution in [0, 0.1) is 7.14 Å². The number of carbonyl (C=O) groups excluding carboxylic acids is 1. The van der Waals surface area contributed by atoms with Crippen LogP contribution in [0.3, 0.4) is 0 Å². The van der Waals surface area contributed by atoms with E-state index in [0.29, 0.717) is 16.7 Å². The molecule has 0 spiro atoms. The second kappa shape index (κ2) is 10.7. The first-order valence-electron chi connectivity index (χ1n) is 8.52. The topological polar surface area (TPSA) is 70.9 Å². The fourth-order valence-electron chi connectivity index (χ4n) is 2.47. The number of nitrogens with one attached hydrogen (secondary N) is 1. The van der Waals surface area contributed by atoms with Crippen LogP contribution in [0.5, 0.6) is 11.5 Å². The predicted octanol–water partition coefficient (Wildman–Crippen LogP) is 6.25. The van der Waals surface area contributed by atoms with Gasteiger partial charge in [0.2, 0.25) is 0 Å². The summed E-state index contributed by atoms with van der Waals surface area (Å²) in [5.41, 5.74) is 4.19. The number of hydrazone groups is 1. The van der Waals surface area contributed by atoms with E-state index in [9.17, 15) is 9.90 Å². The molecule has 1 amide bonds. The average molecular weight is 667 g/mol. The van der Waals surface area contributed by atoms with Crippen LogP contribution in [0.25, 0.3) is 0 Å². The molecule has 0 saturated heterocycles. The van der Waals surface area contributed by atoms with Gasteiger partial charge in [-0.05, 0) is 87.1 Å². The molecular formula is C21H14Cl2I2N2O3. The summed E-state index contributed by atoms with van der Waals surface area (Å²) in [7, 11) is 0. The van der Waals surface area contributed by atoms with Crippen molar-refractivity contribution in [3.05, 3.63) is 88.5 Å². The molecule has 0 aliphatic heterocycles. The Morgan fingerprint density at radius 2 is 1.80 bits per heavy atom. The van der Waals surface area contributed by atoms with E-state index in [-0.39, 0.29) is 11.3 Å². The molecule has 154 valence electrons. The second-order valence-corrected chi connectivity index (χ2v) is 9.22. The van der Waals surface area contributed by atoms with E-state index in [2.05, 4.69) is 55.7 Å². The summed E-state index contributed by atoms with van der Waals surface area (Å²) >= 11 is 16.5. The SMILES string of the molecule is O=C(N/N=C/c1cc(I)c(OCc2ccc(Cl)cc2Cl)c(I)c1)c1ccccc1O. The average Bonchev–Trinajstić information content (AvgIpc) is 2.69. The van der Waals surface area contributed by atoms with E-state index in [4.69, 9.17) is 27.9 Å². The van der Waals surface area contributed by atoms with Gasteiger partial charge in [0.25, 0.3) is 5.91 Å². The lowest BCUT2D eigenvalue weighted by molar-refractivity contribution is 0.0952. The molecule has 0 aliphatic carbocycles. The highest BCUT2D eigenvalue weighted by Crippen LogP contribution is 2.30. The minimum absolute atomic E-state index is 0.100. The Morgan fingerprint density at radius 3 is 2.47 bits per heavy atom. The molecule has 3 aromatic rings. The van der Waals surface area contributed by atoms with Gasteiger partial charge >= 0.3 is 0 Å². The standard InChI is InChI=1S/C21H14Cl2I2N2O3/c22-14-6-5-13(16(23)9-14)11-30-20-17(24)7-12(8-18(20)25)10-26-27-21(29)15-3-1-2-4-19(15)28/h1-10,28H,11H2,(H,27,29)/b26-10+. The molecule has 2 N–H and O–H groups in total. The molecule has 0 unspecified atom stereocenters. The summed E-state index contributed by atoms with van der Waals surface area (Å²) in [5, 5.41) is 14.8. The fraction of sp³-hybridized carbons (Fsp3) is 0.0476. The van der Waals surface area contributed by atoms with Crippen LogP contribution in [0.1, 0.15) is 21.5 Å². The van der Waals surface area contributed by atoms with Gasteiger partial charge in [0.1, 0.15) is 18.1 Å². The van der Waals surface area contributed by atoms with E-state index in [1.165, 1.54) is 18.3 Å². The fourth-order valence-corrected chi connectivity index (χ4v) is 5.06. The van der Waals surface area contributed by atoms with Crippen LogP contribution < -0.4 is 10.2 Å². The highest BCUT2D eigenvalue weighted by molar-refractivity contribution is 14.1. The van der Waals surface area contributed by atoms with Gasteiger partial charge < -0.3 is 9.84 Å². The predicted molar refractivity (Wildman–Crippen MR) is 136 cm³/mol. The minimum atomic E-state index is -0.492. The molecule has 3 aromatic carbocycles. The van der Waals surface area contributed by atoms with Gasteiger partial charge in [0.05, 0.1) is 18.9 Å². The zero-order valence-electron chi connectivity index (χ0n) is 15.2. The lowest BCUT2D eigenvalue weighted by Crippen LogP contribution is -2.17. The number of ether oxygens (including phenoxy) is 1. The normalized spacial score (nSPS) is 10.9. The number of nitrogens with zero attached hydrogens (tertiary/aromatic N) is 1. The Balaban J connectivity index is 1.67. The number of phenolic OH excluding ortho intramolecular Hbond substituents is 1. The van der Waals surface area contributed by atoms with Crippen LogP contribution in [0.15, 0.2) is 59.7 Å². The van der Waals surface area contributed by atoms with Gasteiger partial charge in [-0.25, -0.2) is 5.43 Å². The summed E-state index contributed by atoms with van der Waals surface area (Å²) in [4.78, 5) is 12.1. The quantitative estimate of drug-likeness (QED) is 0.186. The summed E-state index contributed by atoms with van der Waals surface area (Å²) in [6, 6.07) is 15.3. The lowest BCUT2D eigenvalue weighted by Gasteiger charge is -2.12. The van der Waals surface area contributed by atoms with Gasteiger partial charge in [-0.1, -0.05) is 41.4 Å². The van der Waals surface area contributed by atoms with Gasteiger partial charge in [-0.3, -0.25) is 4.79 Å². The van der Waals surface area contributed by atoms with E-state index in [1.54, 1.807) is 24.3 Å². The van der Waals surface area contributed by atoms with Crippen LogP contribution >= 0.6 is 68.4 Å². The van der Waals surface area contributed by atoms with Crippen molar-refractivity contribution < 1.29 is 14.6 Å². The molecule has 3 rings (SSSR count).